The van der Waals surface area contributed by atoms with Crippen molar-refractivity contribution >= 4 is 17.6 Å². The van der Waals surface area contributed by atoms with E-state index in [-0.39, 0.29) is 0 Å². The molecule has 2 aliphatic rings. The first-order valence-corrected chi connectivity index (χ1v) is 7.04. The fourth-order valence-electron chi connectivity index (χ4n) is 3.15. The number of hydrogen-bond donors (Lipinski definition) is 1. The first-order valence-electron chi connectivity index (χ1n) is 6.67. The fourth-order valence-corrected chi connectivity index (χ4v) is 3.49. The normalized spacial score (nSPS) is 22.1. The molecule has 2 nitrogen and oxygen atoms in total. The predicted molar refractivity (Wildman–Crippen MR) is 71.2 cm³/mol. The Hall–Kier alpha value is -1.02. The number of carboxylic acids is 1. The van der Waals surface area contributed by atoms with Crippen molar-refractivity contribution < 1.29 is 9.90 Å². The van der Waals surface area contributed by atoms with E-state index in [1.165, 1.54) is 18.4 Å². The van der Waals surface area contributed by atoms with Gasteiger partial charge in [-0.1, -0.05) is 36.6 Å². The lowest BCUT2D eigenvalue weighted by molar-refractivity contribution is -0.143. The van der Waals surface area contributed by atoms with Crippen LogP contribution in [0.4, 0.5) is 0 Å². The topological polar surface area (TPSA) is 37.3 Å². The molecule has 0 saturated heterocycles. The van der Waals surface area contributed by atoms with Crippen molar-refractivity contribution in [3.8, 4) is 0 Å². The molecular formula is C15H17ClO2. The molecule has 18 heavy (non-hydrogen) atoms. The molecule has 3 rings (SSSR count). The minimum atomic E-state index is -0.699. The smallest absolute Gasteiger partial charge is 0.314 e. The Kier molecular flexibility index (Phi) is 2.86. The Morgan fingerprint density at radius 1 is 1.28 bits per heavy atom. The lowest BCUT2D eigenvalue weighted by Gasteiger charge is -2.25. The van der Waals surface area contributed by atoms with Gasteiger partial charge in [-0.2, -0.15) is 0 Å². The first kappa shape index (κ1) is 12.0. The van der Waals surface area contributed by atoms with Crippen LogP contribution in [0.1, 0.15) is 55.6 Å². The maximum atomic E-state index is 11.6. The molecule has 0 radical (unpaired) electrons. The van der Waals surface area contributed by atoms with E-state index < -0.39 is 11.4 Å². The van der Waals surface area contributed by atoms with Gasteiger partial charge in [0.15, 0.2) is 0 Å². The van der Waals surface area contributed by atoms with Crippen LogP contribution in [0, 0.1) is 0 Å². The van der Waals surface area contributed by atoms with Crippen molar-refractivity contribution in [1.82, 2.24) is 0 Å². The molecule has 0 aliphatic heterocycles. The molecule has 1 aromatic rings. The molecule has 0 heterocycles. The Morgan fingerprint density at radius 3 is 2.44 bits per heavy atom. The fraction of sp³-hybridized carbons (Fsp3) is 0.533. The molecule has 2 aliphatic carbocycles. The highest BCUT2D eigenvalue weighted by Gasteiger charge is 2.43. The average Bonchev–Trinajstić information content (AvgIpc) is 3.05. The minimum absolute atomic E-state index is 0.607. The van der Waals surface area contributed by atoms with Crippen LogP contribution in [0.15, 0.2) is 18.2 Å². The second-order valence-corrected chi connectivity index (χ2v) is 6.01. The van der Waals surface area contributed by atoms with Gasteiger partial charge >= 0.3 is 5.97 Å². The summed E-state index contributed by atoms with van der Waals surface area (Å²) in [6.45, 7) is 0. The largest absolute Gasteiger partial charge is 0.481 e. The zero-order valence-electron chi connectivity index (χ0n) is 10.3. The number of carbonyl (C=O) groups is 1. The van der Waals surface area contributed by atoms with Gasteiger partial charge in [0.25, 0.3) is 0 Å². The van der Waals surface area contributed by atoms with Crippen molar-refractivity contribution in [3.63, 3.8) is 0 Å². The van der Waals surface area contributed by atoms with Crippen molar-refractivity contribution in [1.29, 1.82) is 0 Å². The van der Waals surface area contributed by atoms with Crippen LogP contribution in [0.3, 0.4) is 0 Å². The number of aliphatic carboxylic acids is 1. The zero-order valence-corrected chi connectivity index (χ0v) is 11.0. The lowest BCUT2D eigenvalue weighted by atomic mass is 9.78. The van der Waals surface area contributed by atoms with Crippen LogP contribution in [0.25, 0.3) is 0 Å². The Balaban J connectivity index is 2.00. The van der Waals surface area contributed by atoms with Crippen LogP contribution in [-0.2, 0) is 10.2 Å². The highest BCUT2D eigenvalue weighted by molar-refractivity contribution is 6.31. The zero-order chi connectivity index (χ0) is 12.8. The summed E-state index contributed by atoms with van der Waals surface area (Å²) in [5, 5.41) is 10.3. The lowest BCUT2D eigenvalue weighted by Crippen LogP contribution is -2.32. The van der Waals surface area contributed by atoms with Crippen molar-refractivity contribution in [2.75, 3.05) is 0 Å². The summed E-state index contributed by atoms with van der Waals surface area (Å²) in [4.78, 5) is 11.6. The quantitative estimate of drug-likeness (QED) is 0.892. The Morgan fingerprint density at radius 2 is 1.94 bits per heavy atom. The Labute approximate surface area is 112 Å². The highest BCUT2D eigenvalue weighted by Crippen LogP contribution is 2.46. The maximum Gasteiger partial charge on any atom is 0.314 e. The van der Waals surface area contributed by atoms with Crippen LogP contribution >= 0.6 is 11.6 Å². The number of hydrogen-bond acceptors (Lipinski definition) is 1. The van der Waals surface area contributed by atoms with Crippen LogP contribution in [-0.4, -0.2) is 11.1 Å². The molecule has 0 unspecified atom stereocenters. The van der Waals surface area contributed by atoms with Crippen LogP contribution in [0.5, 0.6) is 0 Å². The SMILES string of the molecule is O=C(O)C1(c2ccc(C3CC3)c(Cl)c2)CCCC1. The molecule has 0 bridgehead atoms. The van der Waals surface area contributed by atoms with E-state index in [0.717, 1.165) is 36.3 Å². The Bertz CT molecular complexity index is 485. The van der Waals surface area contributed by atoms with Gasteiger partial charge < -0.3 is 5.11 Å². The molecule has 1 N–H and O–H groups in total. The summed E-state index contributed by atoms with van der Waals surface area (Å²) in [6.07, 6.45) is 5.89. The van der Waals surface area contributed by atoms with Crippen molar-refractivity contribution in [2.45, 2.75) is 49.9 Å². The van der Waals surface area contributed by atoms with Crippen molar-refractivity contribution in [3.05, 3.63) is 34.3 Å². The molecular weight excluding hydrogens is 248 g/mol. The van der Waals surface area contributed by atoms with Gasteiger partial charge in [-0.15, -0.1) is 0 Å². The average molecular weight is 265 g/mol. The first-order chi connectivity index (χ1) is 8.63. The summed E-state index contributed by atoms with van der Waals surface area (Å²) in [5.74, 6) is -0.0915. The van der Waals surface area contributed by atoms with Crippen molar-refractivity contribution in [2.24, 2.45) is 0 Å². The molecule has 1 aromatic carbocycles. The second kappa shape index (κ2) is 4.27. The third kappa shape index (κ3) is 1.83. The summed E-state index contributed by atoms with van der Waals surface area (Å²) >= 11 is 6.32. The number of halogens is 1. The number of benzene rings is 1. The van der Waals surface area contributed by atoms with Gasteiger partial charge in [0.1, 0.15) is 0 Å². The van der Waals surface area contributed by atoms with E-state index >= 15 is 0 Å². The summed E-state index contributed by atoms with van der Waals surface area (Å²) < 4.78 is 0. The molecule has 3 heteroatoms. The predicted octanol–water partition coefficient (Wildman–Crippen LogP) is 4.11. The monoisotopic (exact) mass is 264 g/mol. The van der Waals surface area contributed by atoms with Gasteiger partial charge in [0.05, 0.1) is 5.41 Å². The third-order valence-corrected chi connectivity index (χ3v) is 4.76. The van der Waals surface area contributed by atoms with E-state index in [1.54, 1.807) is 0 Å². The van der Waals surface area contributed by atoms with Gasteiger partial charge in [0.2, 0.25) is 0 Å². The van der Waals surface area contributed by atoms with E-state index in [1.807, 2.05) is 18.2 Å². The molecule has 0 amide bonds. The second-order valence-electron chi connectivity index (χ2n) is 5.60. The molecule has 96 valence electrons. The number of rotatable bonds is 3. The molecule has 0 aromatic heterocycles. The van der Waals surface area contributed by atoms with E-state index in [0.29, 0.717) is 5.92 Å². The van der Waals surface area contributed by atoms with Gasteiger partial charge in [-0.05, 0) is 48.8 Å². The van der Waals surface area contributed by atoms with E-state index in [2.05, 4.69) is 0 Å². The number of carboxylic acid groups (broad SMARTS) is 1. The minimum Gasteiger partial charge on any atom is -0.481 e. The third-order valence-electron chi connectivity index (χ3n) is 4.44. The highest BCUT2D eigenvalue weighted by atomic mass is 35.5. The van der Waals surface area contributed by atoms with E-state index in [9.17, 15) is 9.90 Å². The molecule has 0 spiro atoms. The molecule has 0 atom stereocenters. The molecule has 2 saturated carbocycles. The summed E-state index contributed by atoms with van der Waals surface area (Å²) in [5.41, 5.74) is 1.40. The van der Waals surface area contributed by atoms with Crippen LogP contribution in [0.2, 0.25) is 5.02 Å². The summed E-state index contributed by atoms with van der Waals surface area (Å²) in [6, 6.07) is 5.92. The van der Waals surface area contributed by atoms with Gasteiger partial charge in [0, 0.05) is 5.02 Å². The summed E-state index contributed by atoms with van der Waals surface area (Å²) in [7, 11) is 0. The molecule has 2 fully saturated rings. The van der Waals surface area contributed by atoms with Gasteiger partial charge in [-0.3, -0.25) is 4.79 Å². The maximum absolute atomic E-state index is 11.6. The van der Waals surface area contributed by atoms with E-state index in [4.69, 9.17) is 11.6 Å². The van der Waals surface area contributed by atoms with Gasteiger partial charge in [-0.25, -0.2) is 0 Å². The van der Waals surface area contributed by atoms with Crippen LogP contribution < -0.4 is 0 Å². The standard InChI is InChI=1S/C15H17ClO2/c16-13-9-11(5-6-12(13)10-3-4-10)15(14(17)18)7-1-2-8-15/h5-6,9-10H,1-4,7-8H2,(H,17,18).